The quantitative estimate of drug-likeness (QED) is 0.392. The zero-order valence-corrected chi connectivity index (χ0v) is 20.5. The molecule has 0 fully saturated rings. The van der Waals surface area contributed by atoms with E-state index < -0.39 is 0 Å². The topological polar surface area (TPSA) is 83.3 Å². The Labute approximate surface area is 209 Å². The molecule has 2 aromatic carbocycles. The van der Waals surface area contributed by atoms with Crippen LogP contribution < -0.4 is 5.32 Å². The minimum atomic E-state index is -0.180. The first-order valence-electron chi connectivity index (χ1n) is 11.9. The Morgan fingerprint density at radius 2 is 1.89 bits per heavy atom. The van der Waals surface area contributed by atoms with Crippen molar-refractivity contribution in [2.75, 3.05) is 13.2 Å². The largest absolute Gasteiger partial charge is 0.394 e. The van der Waals surface area contributed by atoms with Crippen LogP contribution in [0.15, 0.2) is 66.9 Å². The number of aliphatic hydroxyl groups excluding tert-OH is 1. The number of thiazole rings is 1. The second kappa shape index (κ2) is 10.5. The lowest BCUT2D eigenvalue weighted by Gasteiger charge is -2.27. The third-order valence-corrected chi connectivity index (χ3v) is 7.37. The van der Waals surface area contributed by atoms with Crippen LogP contribution in [0, 0.1) is 0 Å². The van der Waals surface area contributed by atoms with Gasteiger partial charge in [-0.15, -0.1) is 11.3 Å². The van der Waals surface area contributed by atoms with E-state index in [2.05, 4.69) is 32.4 Å². The highest BCUT2D eigenvalue weighted by Gasteiger charge is 2.29. The smallest absolute Gasteiger partial charge is 0.272 e. The molecule has 5 rings (SSSR count). The molecular weight excluding hydrogens is 458 g/mol. The Bertz CT molecular complexity index is 1290. The Morgan fingerprint density at radius 3 is 2.63 bits per heavy atom. The summed E-state index contributed by atoms with van der Waals surface area (Å²) in [7, 11) is 0. The van der Waals surface area contributed by atoms with Gasteiger partial charge < -0.3 is 10.4 Å². The molecule has 3 heterocycles. The van der Waals surface area contributed by atoms with Crippen LogP contribution in [0.25, 0.3) is 10.6 Å². The van der Waals surface area contributed by atoms with Crippen molar-refractivity contribution >= 4 is 17.2 Å². The van der Waals surface area contributed by atoms with E-state index in [1.807, 2.05) is 61.7 Å². The third-order valence-electron chi connectivity index (χ3n) is 6.34. The highest BCUT2D eigenvalue weighted by atomic mass is 32.1. The van der Waals surface area contributed by atoms with Gasteiger partial charge in [-0.25, -0.2) is 4.98 Å². The van der Waals surface area contributed by atoms with Gasteiger partial charge in [-0.3, -0.25) is 14.4 Å². The average molecular weight is 488 g/mol. The summed E-state index contributed by atoms with van der Waals surface area (Å²) in [5.41, 5.74) is 4.62. The standard InChI is InChI=1S/C27H29N5O2S/c1-19(20-8-4-2-5-9-20)29-26(34)25-23-18-31(13-12-24(23)32(30-25)14-15-33)17-22-16-28-27(35-22)21-10-6-3-7-11-21/h2-11,16,19,33H,12-15,17-18H2,1H3,(H,29,34)/t19-/m1/s1. The molecule has 180 valence electrons. The van der Waals surface area contributed by atoms with Crippen molar-refractivity contribution in [1.29, 1.82) is 0 Å². The highest BCUT2D eigenvalue weighted by Crippen LogP contribution is 2.29. The van der Waals surface area contributed by atoms with Crippen molar-refractivity contribution in [2.45, 2.75) is 39.0 Å². The van der Waals surface area contributed by atoms with Gasteiger partial charge in [0, 0.05) is 53.9 Å². The Kier molecular flexibility index (Phi) is 7.03. The number of hydrogen-bond acceptors (Lipinski definition) is 6. The maximum Gasteiger partial charge on any atom is 0.272 e. The number of amides is 1. The first-order chi connectivity index (χ1) is 17.1. The number of carbonyl (C=O) groups excluding carboxylic acids is 1. The van der Waals surface area contributed by atoms with Gasteiger partial charge in [-0.05, 0) is 12.5 Å². The summed E-state index contributed by atoms with van der Waals surface area (Å²) in [5, 5.41) is 18.3. The number of benzene rings is 2. The summed E-state index contributed by atoms with van der Waals surface area (Å²) in [6, 6.07) is 20.0. The molecule has 1 atom stereocenters. The van der Waals surface area contributed by atoms with E-state index in [1.165, 1.54) is 4.88 Å². The molecule has 4 aromatic rings. The molecule has 7 nitrogen and oxygen atoms in total. The van der Waals surface area contributed by atoms with Crippen molar-refractivity contribution in [3.05, 3.63) is 94.3 Å². The summed E-state index contributed by atoms with van der Waals surface area (Å²) < 4.78 is 1.80. The molecular formula is C27H29N5O2S. The molecule has 0 spiro atoms. The fourth-order valence-corrected chi connectivity index (χ4v) is 5.51. The van der Waals surface area contributed by atoms with E-state index in [0.717, 1.165) is 46.9 Å². The molecule has 0 saturated carbocycles. The molecule has 35 heavy (non-hydrogen) atoms. The molecule has 0 aliphatic carbocycles. The van der Waals surface area contributed by atoms with Gasteiger partial charge >= 0.3 is 0 Å². The normalized spacial score (nSPS) is 14.5. The lowest BCUT2D eigenvalue weighted by atomic mass is 10.0. The number of aliphatic hydroxyl groups is 1. The number of nitrogens with one attached hydrogen (secondary N) is 1. The summed E-state index contributed by atoms with van der Waals surface area (Å²) >= 11 is 1.70. The zero-order valence-electron chi connectivity index (χ0n) is 19.7. The van der Waals surface area contributed by atoms with Crippen LogP contribution in [-0.2, 0) is 26.1 Å². The SMILES string of the molecule is C[C@@H](NC(=O)c1nn(CCO)c2c1CN(Cc1cnc(-c3ccccc3)s1)CC2)c1ccccc1. The predicted octanol–water partition coefficient (Wildman–Crippen LogP) is 4.05. The van der Waals surface area contributed by atoms with E-state index in [9.17, 15) is 9.90 Å². The highest BCUT2D eigenvalue weighted by molar-refractivity contribution is 7.15. The molecule has 1 amide bonds. The van der Waals surface area contributed by atoms with Crippen molar-refractivity contribution in [3.8, 4) is 10.6 Å². The maximum atomic E-state index is 13.3. The molecule has 2 aromatic heterocycles. The molecule has 0 bridgehead atoms. The van der Waals surface area contributed by atoms with Gasteiger partial charge in [0.05, 0.1) is 19.2 Å². The van der Waals surface area contributed by atoms with E-state index in [0.29, 0.717) is 18.8 Å². The number of aromatic nitrogens is 3. The van der Waals surface area contributed by atoms with Gasteiger partial charge in [-0.2, -0.15) is 5.10 Å². The van der Waals surface area contributed by atoms with Crippen LogP contribution in [0.4, 0.5) is 0 Å². The third kappa shape index (κ3) is 5.19. The van der Waals surface area contributed by atoms with Crippen molar-refractivity contribution in [3.63, 3.8) is 0 Å². The molecule has 0 unspecified atom stereocenters. The van der Waals surface area contributed by atoms with E-state index in [-0.39, 0.29) is 18.6 Å². The summed E-state index contributed by atoms with van der Waals surface area (Å²) in [6.45, 7) is 4.63. The van der Waals surface area contributed by atoms with Crippen LogP contribution in [0.3, 0.4) is 0 Å². The fourth-order valence-electron chi connectivity index (χ4n) is 4.55. The van der Waals surface area contributed by atoms with Crippen molar-refractivity contribution < 1.29 is 9.90 Å². The summed E-state index contributed by atoms with van der Waals surface area (Å²) in [5.74, 6) is -0.180. The Morgan fingerprint density at radius 1 is 1.14 bits per heavy atom. The Hall–Kier alpha value is -3.33. The van der Waals surface area contributed by atoms with E-state index >= 15 is 0 Å². The van der Waals surface area contributed by atoms with Gasteiger partial charge in [0.15, 0.2) is 5.69 Å². The Balaban J connectivity index is 1.33. The monoisotopic (exact) mass is 487 g/mol. The second-order valence-electron chi connectivity index (χ2n) is 8.78. The first kappa shape index (κ1) is 23.4. The maximum absolute atomic E-state index is 13.3. The molecule has 1 aliphatic heterocycles. The van der Waals surface area contributed by atoms with Crippen LogP contribution in [0.1, 0.15) is 45.2 Å². The number of carbonyl (C=O) groups is 1. The fraction of sp³-hybridized carbons (Fsp3) is 0.296. The van der Waals surface area contributed by atoms with Crippen LogP contribution in [-0.4, -0.2) is 43.8 Å². The minimum Gasteiger partial charge on any atom is -0.394 e. The van der Waals surface area contributed by atoms with Gasteiger partial charge in [0.2, 0.25) is 0 Å². The summed E-state index contributed by atoms with van der Waals surface area (Å²) in [4.78, 5) is 21.4. The molecule has 0 radical (unpaired) electrons. The van der Waals surface area contributed by atoms with Crippen molar-refractivity contribution in [2.24, 2.45) is 0 Å². The van der Waals surface area contributed by atoms with E-state index in [1.54, 1.807) is 16.0 Å². The van der Waals surface area contributed by atoms with Gasteiger partial charge in [0.25, 0.3) is 5.91 Å². The number of hydrogen-bond donors (Lipinski definition) is 2. The summed E-state index contributed by atoms with van der Waals surface area (Å²) in [6.07, 6.45) is 2.74. The average Bonchev–Trinajstić information content (AvgIpc) is 3.50. The van der Waals surface area contributed by atoms with Crippen LogP contribution in [0.2, 0.25) is 0 Å². The predicted molar refractivity (Wildman–Crippen MR) is 137 cm³/mol. The lowest BCUT2D eigenvalue weighted by Crippen LogP contribution is -2.32. The van der Waals surface area contributed by atoms with Gasteiger partial charge in [0.1, 0.15) is 5.01 Å². The molecule has 8 heteroatoms. The number of fused-ring (bicyclic) bond motifs is 1. The van der Waals surface area contributed by atoms with Crippen molar-refractivity contribution in [1.82, 2.24) is 25.0 Å². The molecule has 1 aliphatic rings. The van der Waals surface area contributed by atoms with Crippen LogP contribution >= 0.6 is 11.3 Å². The van der Waals surface area contributed by atoms with Crippen LogP contribution in [0.5, 0.6) is 0 Å². The number of rotatable bonds is 8. The van der Waals surface area contributed by atoms with Gasteiger partial charge in [-0.1, -0.05) is 60.7 Å². The number of nitrogens with zero attached hydrogens (tertiary/aromatic N) is 4. The zero-order chi connectivity index (χ0) is 24.2. The second-order valence-corrected chi connectivity index (χ2v) is 9.90. The first-order valence-corrected chi connectivity index (χ1v) is 12.7. The lowest BCUT2D eigenvalue weighted by molar-refractivity contribution is 0.0931. The van der Waals surface area contributed by atoms with E-state index in [4.69, 9.17) is 0 Å². The molecule has 2 N–H and O–H groups in total. The minimum absolute atomic E-state index is 0.0115. The molecule has 0 saturated heterocycles.